The molecule has 1 aromatic rings. The molecule has 2 aliphatic rings. The second-order valence-electron chi connectivity index (χ2n) is 8.47. The number of ether oxygens (including phenoxy) is 2. The molecule has 2 atom stereocenters. The fraction of sp³-hybridized carbons (Fsp3) is 0.500. The van der Waals surface area contributed by atoms with Crippen LogP contribution in [-0.2, 0) is 33.5 Å². The first kappa shape index (κ1) is 25.5. The van der Waals surface area contributed by atoms with Gasteiger partial charge in [0, 0.05) is 11.1 Å². The molecule has 184 valence electrons. The Morgan fingerprint density at radius 1 is 1.32 bits per heavy atom. The second-order valence-corrected chi connectivity index (χ2v) is 10.5. The Balaban J connectivity index is 1.58. The van der Waals surface area contributed by atoms with E-state index in [0.717, 1.165) is 11.3 Å². The summed E-state index contributed by atoms with van der Waals surface area (Å²) in [4.78, 5) is 59.8. The minimum Gasteiger partial charge on any atom is -0.428 e. The minimum absolute atomic E-state index is 0.0316. The van der Waals surface area contributed by atoms with Crippen molar-refractivity contribution in [1.82, 2.24) is 15.2 Å². The summed E-state index contributed by atoms with van der Waals surface area (Å²) in [6, 6.07) is -0.892. The Kier molecular flexibility index (Phi) is 7.82. The minimum atomic E-state index is -0.892. The molecule has 0 aliphatic carbocycles. The number of β-lactam (4-membered cyclic amide) rings is 1. The van der Waals surface area contributed by atoms with E-state index in [2.05, 4.69) is 15.5 Å². The van der Waals surface area contributed by atoms with Gasteiger partial charge in [0.05, 0.1) is 6.42 Å². The van der Waals surface area contributed by atoms with Crippen LogP contribution < -0.4 is 11.1 Å². The van der Waals surface area contributed by atoms with Crippen molar-refractivity contribution < 1.29 is 33.5 Å². The molecule has 1 unspecified atom stereocenters. The third-order valence-electron chi connectivity index (χ3n) is 4.59. The number of hydrogen-bond donors (Lipinski definition) is 2. The van der Waals surface area contributed by atoms with Gasteiger partial charge in [0.2, 0.25) is 6.79 Å². The summed E-state index contributed by atoms with van der Waals surface area (Å²) < 4.78 is 9.96. The SMILES string of the molecule is CON=C(C(=O)NC1C(=O)N2C(C(=O)OCOC(=O)CC(C)(C)C)=CCS[C@H]12)c1csc(N)n1. The number of carbonyl (C=O) groups excluding carboxylic acids is 4. The van der Waals surface area contributed by atoms with E-state index < -0.39 is 42.0 Å². The number of thioether (sulfide) groups is 1. The molecule has 1 saturated heterocycles. The van der Waals surface area contributed by atoms with Crippen molar-refractivity contribution in [1.29, 1.82) is 0 Å². The van der Waals surface area contributed by atoms with Crippen LogP contribution in [0.25, 0.3) is 0 Å². The summed E-state index contributed by atoms with van der Waals surface area (Å²) in [5.74, 6) is -2.05. The number of rotatable bonds is 8. The molecule has 0 saturated carbocycles. The van der Waals surface area contributed by atoms with Gasteiger partial charge < -0.3 is 25.4 Å². The maximum absolute atomic E-state index is 12.8. The van der Waals surface area contributed by atoms with Crippen molar-refractivity contribution in [2.45, 2.75) is 38.6 Å². The van der Waals surface area contributed by atoms with E-state index in [1.807, 2.05) is 20.8 Å². The topological polar surface area (TPSA) is 163 Å². The molecule has 0 bridgehead atoms. The van der Waals surface area contributed by atoms with E-state index >= 15 is 0 Å². The van der Waals surface area contributed by atoms with Crippen LogP contribution in [0, 0.1) is 5.41 Å². The quantitative estimate of drug-likeness (QED) is 0.168. The van der Waals surface area contributed by atoms with E-state index in [4.69, 9.17) is 20.0 Å². The summed E-state index contributed by atoms with van der Waals surface area (Å²) >= 11 is 2.49. The van der Waals surface area contributed by atoms with Crippen LogP contribution in [0.15, 0.2) is 22.3 Å². The molecule has 0 aromatic carbocycles. The van der Waals surface area contributed by atoms with Crippen molar-refractivity contribution in [2.24, 2.45) is 10.6 Å². The Morgan fingerprint density at radius 2 is 2.06 bits per heavy atom. The van der Waals surface area contributed by atoms with E-state index in [-0.39, 0.29) is 34.1 Å². The largest absolute Gasteiger partial charge is 0.428 e. The number of anilines is 1. The highest BCUT2D eigenvalue weighted by molar-refractivity contribution is 8.00. The lowest BCUT2D eigenvalue weighted by molar-refractivity contribution is -0.169. The van der Waals surface area contributed by atoms with Gasteiger partial charge in [-0.15, -0.1) is 23.1 Å². The Labute approximate surface area is 203 Å². The van der Waals surface area contributed by atoms with Gasteiger partial charge in [-0.05, 0) is 11.5 Å². The first-order chi connectivity index (χ1) is 16.0. The predicted molar refractivity (Wildman–Crippen MR) is 124 cm³/mol. The molecule has 2 amide bonds. The first-order valence-corrected chi connectivity index (χ1v) is 12.1. The molecular formula is C20H25N5O7S2. The van der Waals surface area contributed by atoms with Gasteiger partial charge >= 0.3 is 11.9 Å². The first-order valence-electron chi connectivity index (χ1n) is 10.1. The number of hydrogen-bond acceptors (Lipinski definition) is 12. The van der Waals surface area contributed by atoms with Crippen molar-refractivity contribution in [2.75, 3.05) is 25.4 Å². The van der Waals surface area contributed by atoms with Crippen LogP contribution >= 0.6 is 23.1 Å². The van der Waals surface area contributed by atoms with Gasteiger partial charge in [-0.25, -0.2) is 9.78 Å². The lowest BCUT2D eigenvalue weighted by Crippen LogP contribution is -2.70. The number of carbonyl (C=O) groups is 4. The molecule has 3 N–H and O–H groups in total. The van der Waals surface area contributed by atoms with Gasteiger partial charge in [-0.2, -0.15) is 0 Å². The number of amides is 2. The molecule has 0 radical (unpaired) electrons. The van der Waals surface area contributed by atoms with E-state index in [1.165, 1.54) is 23.8 Å². The number of thiazole rings is 1. The van der Waals surface area contributed by atoms with Crippen molar-refractivity contribution in [3.8, 4) is 0 Å². The summed E-state index contributed by atoms with van der Waals surface area (Å²) in [6.07, 6.45) is 1.71. The molecule has 0 spiro atoms. The van der Waals surface area contributed by atoms with Crippen LogP contribution in [0.5, 0.6) is 0 Å². The lowest BCUT2D eigenvalue weighted by atomic mass is 9.93. The molecular weight excluding hydrogens is 486 g/mol. The zero-order valence-electron chi connectivity index (χ0n) is 19.0. The average Bonchev–Trinajstić information content (AvgIpc) is 3.19. The number of fused-ring (bicyclic) bond motifs is 1. The van der Waals surface area contributed by atoms with Gasteiger partial charge in [0.25, 0.3) is 11.8 Å². The van der Waals surface area contributed by atoms with E-state index in [0.29, 0.717) is 5.75 Å². The maximum atomic E-state index is 12.8. The van der Waals surface area contributed by atoms with Gasteiger partial charge in [0.1, 0.15) is 29.9 Å². The molecule has 1 fully saturated rings. The third-order valence-corrected chi connectivity index (χ3v) is 6.45. The Morgan fingerprint density at radius 3 is 2.68 bits per heavy atom. The highest BCUT2D eigenvalue weighted by Gasteiger charge is 2.53. The summed E-state index contributed by atoms with van der Waals surface area (Å²) in [5, 5.41) is 7.58. The van der Waals surface area contributed by atoms with Crippen LogP contribution in [0.3, 0.4) is 0 Å². The van der Waals surface area contributed by atoms with Gasteiger partial charge in [-0.1, -0.05) is 25.9 Å². The monoisotopic (exact) mass is 511 g/mol. The van der Waals surface area contributed by atoms with Crippen molar-refractivity contribution in [3.63, 3.8) is 0 Å². The fourth-order valence-corrected chi connectivity index (χ4v) is 4.88. The van der Waals surface area contributed by atoms with Crippen molar-refractivity contribution >= 4 is 57.7 Å². The normalized spacial score (nSPS) is 20.0. The number of nitrogen functional groups attached to an aromatic ring is 1. The zero-order valence-corrected chi connectivity index (χ0v) is 20.7. The average molecular weight is 512 g/mol. The third kappa shape index (κ3) is 5.86. The zero-order chi connectivity index (χ0) is 25.0. The number of esters is 2. The summed E-state index contributed by atoms with van der Waals surface area (Å²) in [7, 11) is 1.28. The molecule has 3 rings (SSSR count). The fourth-order valence-electron chi connectivity index (χ4n) is 3.14. The predicted octanol–water partition coefficient (Wildman–Crippen LogP) is 0.840. The summed E-state index contributed by atoms with van der Waals surface area (Å²) in [6.45, 7) is 5.09. The van der Waals surface area contributed by atoms with Crippen LogP contribution in [0.2, 0.25) is 0 Å². The Bertz CT molecular complexity index is 1050. The highest BCUT2D eigenvalue weighted by atomic mass is 32.2. The Hall–Kier alpha value is -3.13. The van der Waals surface area contributed by atoms with Crippen molar-refractivity contribution in [3.05, 3.63) is 22.8 Å². The number of nitrogens with zero attached hydrogens (tertiary/aromatic N) is 3. The standard InChI is InChI=1S/C20H25N5O7S2/c1-20(2,3)7-12(26)31-9-32-18(29)11-5-6-33-17-14(16(28)25(11)17)23-15(27)13(24-30-4)10-8-34-19(21)22-10/h5,8,14,17H,6-7,9H2,1-4H3,(H2,21,22)(H,23,27)/t14?,17-/m1/s1. The molecule has 34 heavy (non-hydrogen) atoms. The lowest BCUT2D eigenvalue weighted by Gasteiger charge is -2.48. The molecule has 14 heteroatoms. The molecule has 2 aliphatic heterocycles. The smallest absolute Gasteiger partial charge is 0.357 e. The van der Waals surface area contributed by atoms with E-state index in [1.54, 1.807) is 11.5 Å². The highest BCUT2D eigenvalue weighted by Crippen LogP contribution is 2.37. The van der Waals surface area contributed by atoms with Crippen LogP contribution in [0.4, 0.5) is 5.13 Å². The van der Waals surface area contributed by atoms with Crippen LogP contribution in [0.1, 0.15) is 32.9 Å². The number of oxime groups is 1. The maximum Gasteiger partial charge on any atom is 0.357 e. The van der Waals surface area contributed by atoms with Gasteiger partial charge in [-0.3, -0.25) is 19.3 Å². The molecule has 3 heterocycles. The number of aromatic nitrogens is 1. The molecule has 12 nitrogen and oxygen atoms in total. The van der Waals surface area contributed by atoms with Crippen LogP contribution in [-0.4, -0.2) is 70.4 Å². The second kappa shape index (κ2) is 10.4. The number of nitrogens with one attached hydrogen (secondary N) is 1. The van der Waals surface area contributed by atoms with Gasteiger partial charge in [0.15, 0.2) is 10.8 Å². The number of nitrogens with two attached hydrogens (primary N) is 1. The summed E-state index contributed by atoms with van der Waals surface area (Å²) in [5.41, 5.74) is 5.47. The van der Waals surface area contributed by atoms with E-state index in [9.17, 15) is 19.2 Å². The molecule has 1 aromatic heterocycles.